The van der Waals surface area contributed by atoms with Gasteiger partial charge < -0.3 is 14.0 Å². The highest BCUT2D eigenvalue weighted by Crippen LogP contribution is 2.20. The number of imidazole rings is 1. The number of aromatic nitrogens is 2. The van der Waals surface area contributed by atoms with E-state index < -0.39 is 0 Å². The van der Waals surface area contributed by atoms with E-state index >= 15 is 0 Å². The van der Waals surface area contributed by atoms with E-state index in [0.717, 1.165) is 47.7 Å². The maximum atomic E-state index is 6.04. The Morgan fingerprint density at radius 2 is 1.52 bits per heavy atom. The molecule has 0 saturated heterocycles. The molecule has 4 rings (SSSR count). The van der Waals surface area contributed by atoms with Crippen LogP contribution < -0.4 is 9.47 Å². The zero-order valence-electron chi connectivity index (χ0n) is 18.6. The van der Waals surface area contributed by atoms with E-state index in [1.807, 2.05) is 18.2 Å². The lowest BCUT2D eigenvalue weighted by Crippen LogP contribution is -2.09. The summed E-state index contributed by atoms with van der Waals surface area (Å²) in [6, 6.07) is 22.8. The van der Waals surface area contributed by atoms with Gasteiger partial charge in [0.25, 0.3) is 0 Å². The van der Waals surface area contributed by atoms with E-state index in [9.17, 15) is 0 Å². The molecule has 4 nitrogen and oxygen atoms in total. The minimum atomic E-state index is 0.456. The molecule has 0 spiro atoms. The summed E-state index contributed by atoms with van der Waals surface area (Å²) < 4.78 is 14.3. The first-order chi connectivity index (χ1) is 15.1. The van der Waals surface area contributed by atoms with Crippen molar-refractivity contribution in [2.75, 3.05) is 6.61 Å². The predicted octanol–water partition coefficient (Wildman–Crippen LogP) is 6.40. The van der Waals surface area contributed by atoms with Crippen LogP contribution in [0.1, 0.15) is 35.4 Å². The van der Waals surface area contributed by atoms with Gasteiger partial charge in [0.2, 0.25) is 0 Å². The van der Waals surface area contributed by atoms with Crippen molar-refractivity contribution >= 4 is 11.0 Å². The summed E-state index contributed by atoms with van der Waals surface area (Å²) >= 11 is 0. The third kappa shape index (κ3) is 5.46. The molecule has 4 aromatic rings. The average molecular weight is 415 g/mol. The van der Waals surface area contributed by atoms with E-state index in [1.54, 1.807) is 0 Å². The van der Waals surface area contributed by atoms with Crippen LogP contribution in [0.2, 0.25) is 0 Å². The Morgan fingerprint density at radius 3 is 2.32 bits per heavy atom. The Bertz CT molecular complexity index is 1140. The van der Waals surface area contributed by atoms with Crippen molar-refractivity contribution in [1.29, 1.82) is 0 Å². The van der Waals surface area contributed by atoms with Crippen LogP contribution in [0.5, 0.6) is 11.5 Å². The summed E-state index contributed by atoms with van der Waals surface area (Å²) in [5.74, 6) is 2.79. The van der Waals surface area contributed by atoms with Gasteiger partial charge in [-0.25, -0.2) is 4.98 Å². The molecule has 0 amide bonds. The van der Waals surface area contributed by atoms with Crippen molar-refractivity contribution in [1.82, 2.24) is 9.55 Å². The number of fused-ring (bicyclic) bond motifs is 1. The Hall–Kier alpha value is -3.27. The van der Waals surface area contributed by atoms with Crippen LogP contribution in [0.3, 0.4) is 0 Å². The monoisotopic (exact) mass is 414 g/mol. The number of nitrogens with zero attached hydrogens (tertiary/aromatic N) is 2. The lowest BCUT2D eigenvalue weighted by Gasteiger charge is -2.12. The Labute approximate surface area is 184 Å². The van der Waals surface area contributed by atoms with Gasteiger partial charge in [-0.1, -0.05) is 30.3 Å². The second-order valence-electron chi connectivity index (χ2n) is 8.15. The van der Waals surface area contributed by atoms with E-state index in [2.05, 4.69) is 73.9 Å². The highest BCUT2D eigenvalue weighted by Gasteiger charge is 2.11. The number of hydrogen-bond donors (Lipinski definition) is 0. The molecule has 1 aromatic heterocycles. The van der Waals surface area contributed by atoms with Crippen LogP contribution in [-0.2, 0) is 13.2 Å². The average Bonchev–Trinajstić information content (AvgIpc) is 3.09. The number of hydrogen-bond acceptors (Lipinski definition) is 3. The Balaban J connectivity index is 1.38. The van der Waals surface area contributed by atoms with Gasteiger partial charge in [-0.05, 0) is 86.7 Å². The van der Waals surface area contributed by atoms with Crippen LogP contribution in [0.25, 0.3) is 11.0 Å². The molecule has 0 N–H and O–H groups in total. The molecule has 4 heteroatoms. The topological polar surface area (TPSA) is 36.3 Å². The van der Waals surface area contributed by atoms with E-state index in [1.165, 1.54) is 16.7 Å². The number of rotatable bonds is 9. The maximum Gasteiger partial charge on any atom is 0.147 e. The molecule has 0 unspecified atom stereocenters. The fourth-order valence-corrected chi connectivity index (χ4v) is 3.92. The predicted molar refractivity (Wildman–Crippen MR) is 126 cm³/mol. The van der Waals surface area contributed by atoms with Crippen LogP contribution in [0.4, 0.5) is 0 Å². The largest absolute Gasteiger partial charge is 0.494 e. The summed E-state index contributed by atoms with van der Waals surface area (Å²) in [6.45, 7) is 8.34. The number of benzene rings is 3. The highest BCUT2D eigenvalue weighted by molar-refractivity contribution is 5.75. The summed E-state index contributed by atoms with van der Waals surface area (Å²) in [6.07, 6.45) is 2.00. The van der Waals surface area contributed by atoms with Crippen LogP contribution in [0, 0.1) is 20.8 Å². The van der Waals surface area contributed by atoms with Crippen LogP contribution in [0.15, 0.2) is 66.7 Å². The van der Waals surface area contributed by atoms with Crippen LogP contribution >= 0.6 is 0 Å². The quantitative estimate of drug-likeness (QED) is 0.297. The molecule has 0 fully saturated rings. The number of aryl methyl sites for hydroxylation is 4. The minimum Gasteiger partial charge on any atom is -0.494 e. The zero-order chi connectivity index (χ0) is 21.6. The first kappa shape index (κ1) is 21.0. The molecule has 0 aliphatic carbocycles. The summed E-state index contributed by atoms with van der Waals surface area (Å²) in [7, 11) is 0. The van der Waals surface area contributed by atoms with Gasteiger partial charge in [0.15, 0.2) is 0 Å². The molecular weight excluding hydrogens is 384 g/mol. The van der Waals surface area contributed by atoms with Crippen molar-refractivity contribution in [2.45, 2.75) is 46.8 Å². The molecule has 160 valence electrons. The maximum absolute atomic E-state index is 6.04. The number of para-hydroxylation sites is 2. The van der Waals surface area contributed by atoms with Gasteiger partial charge in [-0.2, -0.15) is 0 Å². The summed E-state index contributed by atoms with van der Waals surface area (Å²) in [4.78, 5) is 4.82. The first-order valence-electron chi connectivity index (χ1n) is 10.9. The lowest BCUT2D eigenvalue weighted by molar-refractivity contribution is 0.285. The van der Waals surface area contributed by atoms with Crippen molar-refractivity contribution in [3.05, 3.63) is 89.2 Å². The fourth-order valence-electron chi connectivity index (χ4n) is 3.92. The molecule has 0 bridgehead atoms. The molecular formula is C27H30N2O2. The van der Waals surface area contributed by atoms with E-state index in [4.69, 9.17) is 14.5 Å². The third-order valence-corrected chi connectivity index (χ3v) is 5.33. The van der Waals surface area contributed by atoms with Gasteiger partial charge in [0, 0.05) is 6.54 Å². The van der Waals surface area contributed by atoms with E-state index in [-0.39, 0.29) is 0 Å². The van der Waals surface area contributed by atoms with Crippen molar-refractivity contribution in [3.8, 4) is 11.5 Å². The molecule has 0 saturated carbocycles. The Kier molecular flexibility index (Phi) is 6.56. The minimum absolute atomic E-state index is 0.456. The molecule has 1 heterocycles. The third-order valence-electron chi connectivity index (χ3n) is 5.33. The lowest BCUT2D eigenvalue weighted by atomic mass is 10.1. The standard InChI is InChI=1S/C27H30N2O2/c1-20-9-8-10-23(16-20)31-19-27-28-25-11-4-5-12-26(25)29(27)13-6-7-14-30-24-17-21(2)15-22(3)18-24/h4-5,8-12,15-18H,6-7,13-14,19H2,1-3H3. The second kappa shape index (κ2) is 9.69. The Morgan fingerprint density at radius 1 is 0.742 bits per heavy atom. The number of ether oxygens (including phenoxy) is 2. The molecule has 0 aliphatic rings. The summed E-state index contributed by atoms with van der Waals surface area (Å²) in [5, 5.41) is 0. The zero-order valence-corrected chi connectivity index (χ0v) is 18.6. The smallest absolute Gasteiger partial charge is 0.147 e. The van der Waals surface area contributed by atoms with Gasteiger partial charge >= 0.3 is 0 Å². The fraction of sp³-hybridized carbons (Fsp3) is 0.296. The van der Waals surface area contributed by atoms with Gasteiger partial charge in [-0.15, -0.1) is 0 Å². The van der Waals surface area contributed by atoms with Gasteiger partial charge in [0.1, 0.15) is 23.9 Å². The number of unbranched alkanes of at least 4 members (excludes halogenated alkanes) is 1. The normalized spacial score (nSPS) is 11.1. The molecule has 0 aliphatic heterocycles. The van der Waals surface area contributed by atoms with E-state index in [0.29, 0.717) is 13.2 Å². The van der Waals surface area contributed by atoms with Gasteiger partial charge in [-0.3, -0.25) is 0 Å². The van der Waals surface area contributed by atoms with Crippen molar-refractivity contribution in [3.63, 3.8) is 0 Å². The molecule has 3 aromatic carbocycles. The second-order valence-corrected chi connectivity index (χ2v) is 8.15. The molecule has 0 radical (unpaired) electrons. The molecule has 31 heavy (non-hydrogen) atoms. The SMILES string of the molecule is Cc1cc(C)cc(OCCCCn2c(COc3cccc(C)c3)nc3ccccc32)c1. The van der Waals surface area contributed by atoms with Crippen molar-refractivity contribution < 1.29 is 9.47 Å². The van der Waals surface area contributed by atoms with Crippen molar-refractivity contribution in [2.24, 2.45) is 0 Å². The van der Waals surface area contributed by atoms with Gasteiger partial charge in [0.05, 0.1) is 17.6 Å². The summed E-state index contributed by atoms with van der Waals surface area (Å²) in [5.41, 5.74) is 5.82. The highest BCUT2D eigenvalue weighted by atomic mass is 16.5. The first-order valence-corrected chi connectivity index (χ1v) is 10.9. The van der Waals surface area contributed by atoms with Crippen LogP contribution in [-0.4, -0.2) is 16.2 Å². The molecule has 0 atom stereocenters.